The summed E-state index contributed by atoms with van der Waals surface area (Å²) in [5, 5.41) is 17.6. The number of hydrogen-bond donors (Lipinski definition) is 2. The summed E-state index contributed by atoms with van der Waals surface area (Å²) in [5.74, 6) is 0.411. The molecule has 200 valence electrons. The first-order valence-corrected chi connectivity index (χ1v) is 12.9. The Balaban J connectivity index is 1.57. The summed E-state index contributed by atoms with van der Waals surface area (Å²) in [6.07, 6.45) is 0. The van der Waals surface area contributed by atoms with Crippen LogP contribution in [0.5, 0.6) is 0 Å². The lowest BCUT2D eigenvalue weighted by atomic mass is 10.1. The Bertz CT molecular complexity index is 1510. The minimum atomic E-state index is -0.506. The van der Waals surface area contributed by atoms with Gasteiger partial charge in [-0.15, -0.1) is 10.2 Å². The normalized spacial score (nSPS) is 12.9. The van der Waals surface area contributed by atoms with Gasteiger partial charge < -0.3 is 10.6 Å². The second-order valence-corrected chi connectivity index (χ2v) is 9.66. The van der Waals surface area contributed by atoms with E-state index in [1.807, 2.05) is 125 Å². The first kappa shape index (κ1) is 26.4. The summed E-state index contributed by atoms with van der Waals surface area (Å²) >= 11 is 0. The van der Waals surface area contributed by atoms with Crippen LogP contribution in [0.15, 0.2) is 107 Å². The molecule has 0 saturated heterocycles. The fraction of sp³-hybridized carbons (Fsp3) is 0.125. The molecule has 0 fully saturated rings. The van der Waals surface area contributed by atoms with Gasteiger partial charge in [0.25, 0.3) is 0 Å². The predicted molar refractivity (Wildman–Crippen MR) is 160 cm³/mol. The molecule has 0 aliphatic carbocycles. The summed E-state index contributed by atoms with van der Waals surface area (Å²) in [5.41, 5.74) is 6.86. The molecule has 0 spiro atoms. The van der Waals surface area contributed by atoms with Crippen molar-refractivity contribution in [2.75, 3.05) is 10.6 Å². The molecular weight excluding hydrogens is 500 g/mol. The average molecular weight is 531 g/mol. The topological polar surface area (TPSA) is 89.4 Å². The summed E-state index contributed by atoms with van der Waals surface area (Å²) in [6, 6.07) is 28.7. The van der Waals surface area contributed by atoms with Crippen LogP contribution in [0.4, 0.5) is 21.0 Å². The molecule has 1 aliphatic heterocycles. The largest absolute Gasteiger partial charge is 0.348 e. The number of amidine groups is 2. The highest BCUT2D eigenvalue weighted by molar-refractivity contribution is 6.18. The van der Waals surface area contributed by atoms with Gasteiger partial charge in [0.2, 0.25) is 0 Å². The lowest BCUT2D eigenvalue weighted by Crippen LogP contribution is -2.47. The van der Waals surface area contributed by atoms with Gasteiger partial charge in [0.05, 0.1) is 0 Å². The van der Waals surface area contributed by atoms with E-state index >= 15 is 0 Å². The number of rotatable bonds is 4. The van der Waals surface area contributed by atoms with Crippen molar-refractivity contribution >= 4 is 35.1 Å². The first-order valence-electron chi connectivity index (χ1n) is 12.9. The van der Waals surface area contributed by atoms with E-state index in [4.69, 9.17) is 10.2 Å². The molecule has 0 atom stereocenters. The number of hydrazone groups is 2. The zero-order valence-electron chi connectivity index (χ0n) is 22.8. The summed E-state index contributed by atoms with van der Waals surface area (Å²) in [6.45, 7) is 8.00. The number of aryl methyl sites for hydroxylation is 4. The summed E-state index contributed by atoms with van der Waals surface area (Å²) in [7, 11) is 0. The Labute approximate surface area is 233 Å². The van der Waals surface area contributed by atoms with Crippen molar-refractivity contribution in [2.24, 2.45) is 10.2 Å². The minimum absolute atomic E-state index is 0.205. The number of anilines is 2. The highest BCUT2D eigenvalue weighted by atomic mass is 16.2. The molecule has 40 heavy (non-hydrogen) atoms. The summed E-state index contributed by atoms with van der Waals surface area (Å²) in [4.78, 5) is 27.3. The molecule has 4 aromatic carbocycles. The number of hydrogen-bond acceptors (Lipinski definition) is 4. The third-order valence-corrected chi connectivity index (χ3v) is 6.76. The molecule has 0 radical (unpaired) electrons. The van der Waals surface area contributed by atoms with E-state index in [1.165, 1.54) is 10.0 Å². The number of urea groups is 2. The van der Waals surface area contributed by atoms with Gasteiger partial charge >= 0.3 is 12.1 Å². The third kappa shape index (κ3) is 5.61. The number of nitrogens with one attached hydrogen (secondary N) is 2. The number of nitrogens with zero attached hydrogens (tertiary/aromatic N) is 4. The molecule has 8 nitrogen and oxygen atoms in total. The van der Waals surface area contributed by atoms with Crippen molar-refractivity contribution < 1.29 is 9.59 Å². The Morgan fingerprint density at radius 2 is 0.900 bits per heavy atom. The minimum Gasteiger partial charge on any atom is -0.306 e. The van der Waals surface area contributed by atoms with Crippen LogP contribution in [0.2, 0.25) is 0 Å². The fourth-order valence-electron chi connectivity index (χ4n) is 4.18. The lowest BCUT2D eigenvalue weighted by Gasteiger charge is -2.30. The van der Waals surface area contributed by atoms with Gasteiger partial charge in [-0.2, -0.15) is 10.0 Å². The van der Waals surface area contributed by atoms with E-state index in [0.717, 1.165) is 22.3 Å². The predicted octanol–water partition coefficient (Wildman–Crippen LogP) is 7.03. The molecule has 4 amide bonds. The van der Waals surface area contributed by atoms with Crippen LogP contribution in [0.25, 0.3) is 0 Å². The van der Waals surface area contributed by atoms with Crippen molar-refractivity contribution in [2.45, 2.75) is 27.7 Å². The molecule has 8 heteroatoms. The molecule has 1 heterocycles. The van der Waals surface area contributed by atoms with Crippen LogP contribution in [0.1, 0.15) is 33.4 Å². The van der Waals surface area contributed by atoms with Crippen LogP contribution >= 0.6 is 0 Å². The molecule has 4 aromatic rings. The Kier molecular flexibility index (Phi) is 7.41. The van der Waals surface area contributed by atoms with Crippen LogP contribution in [0, 0.1) is 27.7 Å². The van der Waals surface area contributed by atoms with Crippen LogP contribution in [0.3, 0.4) is 0 Å². The maximum Gasteiger partial charge on any atom is 0.348 e. The zero-order valence-corrected chi connectivity index (χ0v) is 22.8. The highest BCUT2D eigenvalue weighted by Gasteiger charge is 2.33. The standard InChI is InChI=1S/C32H30N6O2/c1-21-15-17-27(19-23(21)3)33-31(39)37-29(25-11-7-5-8-12-25)36-38(30(35-37)26-13-9-6-10-14-26)32(40)34-28-18-16-22(2)24(4)20-28/h5-20H,1-4H3,(H,33,39)(H,34,40). The fourth-order valence-corrected chi connectivity index (χ4v) is 4.18. The van der Waals surface area contributed by atoms with Gasteiger partial charge in [-0.3, -0.25) is 0 Å². The SMILES string of the molecule is Cc1ccc(NC(=O)N2N=C(c3ccccc3)N(C(=O)Nc3ccc(C)c(C)c3)N=C2c2ccccc2)cc1C. The smallest absolute Gasteiger partial charge is 0.306 e. The quantitative estimate of drug-likeness (QED) is 0.297. The van der Waals surface area contributed by atoms with E-state index in [1.54, 1.807) is 0 Å². The maximum atomic E-state index is 13.7. The maximum absolute atomic E-state index is 13.7. The lowest BCUT2D eigenvalue weighted by molar-refractivity contribution is 0.224. The van der Waals surface area contributed by atoms with Crippen molar-refractivity contribution in [3.63, 3.8) is 0 Å². The van der Waals surface area contributed by atoms with Crippen molar-refractivity contribution in [3.8, 4) is 0 Å². The molecule has 0 aromatic heterocycles. The molecule has 0 saturated carbocycles. The number of benzene rings is 4. The van der Waals surface area contributed by atoms with E-state index < -0.39 is 12.1 Å². The molecule has 0 bridgehead atoms. The van der Waals surface area contributed by atoms with Gasteiger partial charge in [0.15, 0.2) is 11.7 Å². The van der Waals surface area contributed by atoms with E-state index in [9.17, 15) is 9.59 Å². The van der Waals surface area contributed by atoms with Gasteiger partial charge in [-0.25, -0.2) is 9.59 Å². The van der Waals surface area contributed by atoms with Gasteiger partial charge in [0.1, 0.15) is 0 Å². The molecule has 1 aliphatic rings. The number of carbonyl (C=O) groups is 2. The molecule has 0 unspecified atom stereocenters. The van der Waals surface area contributed by atoms with Gasteiger partial charge in [-0.05, 0) is 74.2 Å². The van der Waals surface area contributed by atoms with Crippen LogP contribution in [-0.4, -0.2) is 33.8 Å². The highest BCUT2D eigenvalue weighted by Crippen LogP contribution is 2.22. The van der Waals surface area contributed by atoms with Gasteiger partial charge in [0, 0.05) is 22.5 Å². The molecule has 5 rings (SSSR count). The van der Waals surface area contributed by atoms with E-state index in [-0.39, 0.29) is 11.7 Å². The van der Waals surface area contributed by atoms with Crippen molar-refractivity contribution in [1.82, 2.24) is 10.0 Å². The van der Waals surface area contributed by atoms with Crippen LogP contribution in [-0.2, 0) is 0 Å². The molecule has 2 N–H and O–H groups in total. The molecular formula is C32H30N6O2. The Morgan fingerprint density at radius 3 is 1.25 bits per heavy atom. The van der Waals surface area contributed by atoms with Crippen LogP contribution < -0.4 is 10.6 Å². The first-order chi connectivity index (χ1) is 19.3. The monoisotopic (exact) mass is 530 g/mol. The van der Waals surface area contributed by atoms with Crippen molar-refractivity contribution in [3.05, 3.63) is 130 Å². The summed E-state index contributed by atoms with van der Waals surface area (Å²) < 4.78 is 0. The zero-order chi connectivity index (χ0) is 28.2. The van der Waals surface area contributed by atoms with Crippen molar-refractivity contribution in [1.29, 1.82) is 0 Å². The Hall–Kier alpha value is -5.24. The number of carbonyl (C=O) groups excluding carboxylic acids is 2. The van der Waals surface area contributed by atoms with Gasteiger partial charge in [-0.1, -0.05) is 72.8 Å². The average Bonchev–Trinajstić information content (AvgIpc) is 2.97. The van der Waals surface area contributed by atoms with E-state index in [0.29, 0.717) is 22.5 Å². The second-order valence-electron chi connectivity index (χ2n) is 9.66. The van der Waals surface area contributed by atoms with E-state index in [2.05, 4.69) is 10.6 Å². The second kappa shape index (κ2) is 11.2. The number of amides is 4. The third-order valence-electron chi connectivity index (χ3n) is 6.76. The Morgan fingerprint density at radius 1 is 0.525 bits per heavy atom.